The molecule has 0 aromatic carbocycles. The molecule has 108 valence electrons. The second-order valence-electron chi connectivity index (χ2n) is 5.06. The van der Waals surface area contributed by atoms with Crippen LogP contribution in [0.2, 0.25) is 0 Å². The van der Waals surface area contributed by atoms with E-state index >= 15 is 0 Å². The monoisotopic (exact) mass is 286 g/mol. The van der Waals surface area contributed by atoms with E-state index in [1.807, 2.05) is 12.3 Å². The lowest BCUT2D eigenvalue weighted by atomic mass is 10.4. The van der Waals surface area contributed by atoms with E-state index in [4.69, 9.17) is 0 Å². The molecule has 1 saturated carbocycles. The Morgan fingerprint density at radius 2 is 2.26 bits per heavy atom. The molecule has 1 atom stereocenters. The maximum Gasteiger partial charge on any atom is 0.215 e. The lowest BCUT2D eigenvalue weighted by molar-refractivity contribution is 0.539. The maximum absolute atomic E-state index is 12.0. The minimum Gasteiger partial charge on any atom is -0.313 e. The molecule has 0 amide bonds. The summed E-state index contributed by atoms with van der Waals surface area (Å²) in [4.78, 5) is 0. The van der Waals surface area contributed by atoms with E-state index in [0.717, 1.165) is 13.0 Å². The van der Waals surface area contributed by atoms with E-state index in [1.54, 1.807) is 17.8 Å². The molecule has 7 heteroatoms. The molecular formula is C12H22N4O2S. The lowest BCUT2D eigenvalue weighted by Gasteiger charge is -2.14. The quantitative estimate of drug-likeness (QED) is 0.642. The minimum absolute atomic E-state index is 0.391. The van der Waals surface area contributed by atoms with Crippen molar-refractivity contribution in [2.75, 3.05) is 13.1 Å². The predicted octanol–water partition coefficient (Wildman–Crippen LogP) is 0.333. The van der Waals surface area contributed by atoms with Crippen LogP contribution < -0.4 is 10.0 Å². The third-order valence-electron chi connectivity index (χ3n) is 3.23. The molecule has 1 unspecified atom stereocenters. The molecule has 1 aliphatic rings. The van der Waals surface area contributed by atoms with Crippen LogP contribution in [0.1, 0.15) is 26.2 Å². The molecule has 0 aliphatic heterocycles. The highest BCUT2D eigenvalue weighted by Crippen LogP contribution is 2.18. The first-order valence-corrected chi connectivity index (χ1v) is 8.32. The van der Waals surface area contributed by atoms with Crippen molar-refractivity contribution >= 4 is 10.0 Å². The minimum atomic E-state index is -3.21. The van der Waals surface area contributed by atoms with Gasteiger partial charge in [-0.1, -0.05) is 0 Å². The lowest BCUT2D eigenvalue weighted by Crippen LogP contribution is -2.40. The molecule has 0 radical (unpaired) electrons. The standard InChI is InChI=1S/C12H22N4O2S/c1-11(10-13-12-4-5-12)19(17,18)15-7-3-9-16-8-2-6-14-16/h2,6,8,11-13,15H,3-5,7,9-10H2,1H3. The third-order valence-corrected chi connectivity index (χ3v) is 5.06. The highest BCUT2D eigenvalue weighted by molar-refractivity contribution is 7.90. The fourth-order valence-corrected chi connectivity index (χ4v) is 2.79. The van der Waals surface area contributed by atoms with Crippen molar-refractivity contribution in [1.82, 2.24) is 19.8 Å². The van der Waals surface area contributed by atoms with Gasteiger partial charge in [0.1, 0.15) is 0 Å². The molecule has 1 aromatic heterocycles. The van der Waals surface area contributed by atoms with Gasteiger partial charge in [0.05, 0.1) is 5.25 Å². The Bertz CT molecular complexity index is 468. The molecule has 2 N–H and O–H groups in total. The summed E-state index contributed by atoms with van der Waals surface area (Å²) >= 11 is 0. The average Bonchev–Trinajstić information content (AvgIpc) is 3.06. The Labute approximate surface area is 114 Å². The number of rotatable bonds is 9. The van der Waals surface area contributed by atoms with Gasteiger partial charge in [0.15, 0.2) is 0 Å². The summed E-state index contributed by atoms with van der Waals surface area (Å²) in [5.74, 6) is 0. The molecule has 0 bridgehead atoms. The molecular weight excluding hydrogens is 264 g/mol. The molecule has 1 fully saturated rings. The first kappa shape index (κ1) is 14.5. The Hall–Kier alpha value is -0.920. The van der Waals surface area contributed by atoms with Crippen LogP contribution in [0.15, 0.2) is 18.5 Å². The highest BCUT2D eigenvalue weighted by atomic mass is 32.2. The van der Waals surface area contributed by atoms with Crippen LogP contribution in [0, 0.1) is 0 Å². The molecule has 1 aliphatic carbocycles. The molecule has 2 rings (SSSR count). The second-order valence-corrected chi connectivity index (χ2v) is 7.24. The Morgan fingerprint density at radius 1 is 1.47 bits per heavy atom. The fourth-order valence-electron chi connectivity index (χ4n) is 1.76. The van der Waals surface area contributed by atoms with E-state index in [-0.39, 0.29) is 0 Å². The first-order chi connectivity index (χ1) is 9.08. The normalized spacial score (nSPS) is 17.5. The zero-order valence-corrected chi connectivity index (χ0v) is 12.1. The number of sulfonamides is 1. The Morgan fingerprint density at radius 3 is 2.89 bits per heavy atom. The summed E-state index contributed by atoms with van der Waals surface area (Å²) in [5.41, 5.74) is 0. The third kappa shape index (κ3) is 4.93. The molecule has 1 aromatic rings. The second kappa shape index (κ2) is 6.49. The van der Waals surface area contributed by atoms with Crippen LogP contribution in [-0.4, -0.2) is 42.6 Å². The molecule has 6 nitrogen and oxygen atoms in total. The zero-order chi connectivity index (χ0) is 13.7. The summed E-state index contributed by atoms with van der Waals surface area (Å²) in [7, 11) is -3.21. The van der Waals surface area contributed by atoms with E-state index in [2.05, 4.69) is 15.1 Å². The van der Waals surface area contributed by atoms with Crippen molar-refractivity contribution in [3.63, 3.8) is 0 Å². The van der Waals surface area contributed by atoms with Gasteiger partial charge in [-0.15, -0.1) is 0 Å². The van der Waals surface area contributed by atoms with Crippen LogP contribution in [0.25, 0.3) is 0 Å². The van der Waals surface area contributed by atoms with Gasteiger partial charge in [-0.3, -0.25) is 4.68 Å². The molecule has 0 spiro atoms. The van der Waals surface area contributed by atoms with E-state index in [0.29, 0.717) is 19.1 Å². The van der Waals surface area contributed by atoms with Crippen molar-refractivity contribution in [2.24, 2.45) is 0 Å². The van der Waals surface area contributed by atoms with Gasteiger partial charge in [-0.05, 0) is 32.3 Å². The summed E-state index contributed by atoms with van der Waals surface area (Å²) in [6.45, 7) is 3.45. The number of aryl methyl sites for hydroxylation is 1. The summed E-state index contributed by atoms with van der Waals surface area (Å²) in [5, 5.41) is 6.92. The number of aromatic nitrogens is 2. The summed E-state index contributed by atoms with van der Waals surface area (Å²) in [6.07, 6.45) is 6.67. The zero-order valence-electron chi connectivity index (χ0n) is 11.2. The van der Waals surface area contributed by atoms with Crippen molar-refractivity contribution in [3.05, 3.63) is 18.5 Å². The Kier molecular flexibility index (Phi) is 4.95. The SMILES string of the molecule is CC(CNC1CC1)S(=O)(=O)NCCCn1cccn1. The summed E-state index contributed by atoms with van der Waals surface area (Å²) in [6, 6.07) is 2.40. The van der Waals surface area contributed by atoms with Crippen LogP contribution >= 0.6 is 0 Å². The van der Waals surface area contributed by atoms with Crippen molar-refractivity contribution in [3.8, 4) is 0 Å². The van der Waals surface area contributed by atoms with Gasteiger partial charge in [0.2, 0.25) is 10.0 Å². The molecule has 0 saturated heterocycles. The van der Waals surface area contributed by atoms with Crippen molar-refractivity contribution in [2.45, 2.75) is 44.0 Å². The fraction of sp³-hybridized carbons (Fsp3) is 0.750. The molecule has 19 heavy (non-hydrogen) atoms. The van der Waals surface area contributed by atoms with Crippen LogP contribution in [0.4, 0.5) is 0 Å². The predicted molar refractivity (Wildman–Crippen MR) is 74.3 cm³/mol. The van der Waals surface area contributed by atoms with Gasteiger partial charge < -0.3 is 5.32 Å². The maximum atomic E-state index is 12.0. The van der Waals surface area contributed by atoms with Crippen LogP contribution in [0.3, 0.4) is 0 Å². The average molecular weight is 286 g/mol. The number of nitrogens with one attached hydrogen (secondary N) is 2. The van der Waals surface area contributed by atoms with Crippen LogP contribution in [0.5, 0.6) is 0 Å². The van der Waals surface area contributed by atoms with E-state index in [1.165, 1.54) is 12.8 Å². The smallest absolute Gasteiger partial charge is 0.215 e. The number of nitrogens with zero attached hydrogens (tertiary/aromatic N) is 2. The van der Waals surface area contributed by atoms with E-state index < -0.39 is 15.3 Å². The van der Waals surface area contributed by atoms with Gasteiger partial charge in [-0.2, -0.15) is 5.10 Å². The topological polar surface area (TPSA) is 76.0 Å². The van der Waals surface area contributed by atoms with Gasteiger partial charge >= 0.3 is 0 Å². The van der Waals surface area contributed by atoms with Gasteiger partial charge in [0.25, 0.3) is 0 Å². The number of hydrogen-bond acceptors (Lipinski definition) is 4. The first-order valence-electron chi connectivity index (χ1n) is 6.77. The van der Waals surface area contributed by atoms with Crippen molar-refractivity contribution < 1.29 is 8.42 Å². The molecule has 1 heterocycles. The Balaban J connectivity index is 1.64. The summed E-state index contributed by atoms with van der Waals surface area (Å²) < 4.78 is 28.4. The highest BCUT2D eigenvalue weighted by Gasteiger charge is 2.25. The largest absolute Gasteiger partial charge is 0.313 e. The van der Waals surface area contributed by atoms with Gasteiger partial charge in [0, 0.05) is 38.1 Å². The number of hydrogen-bond donors (Lipinski definition) is 2. The van der Waals surface area contributed by atoms with Crippen molar-refractivity contribution in [1.29, 1.82) is 0 Å². The van der Waals surface area contributed by atoms with Gasteiger partial charge in [-0.25, -0.2) is 13.1 Å². The van der Waals surface area contributed by atoms with E-state index in [9.17, 15) is 8.42 Å². The van der Waals surface area contributed by atoms with Crippen LogP contribution in [-0.2, 0) is 16.6 Å².